The van der Waals surface area contributed by atoms with E-state index >= 15 is 0 Å². The summed E-state index contributed by atoms with van der Waals surface area (Å²) >= 11 is 1.91. The van der Waals surface area contributed by atoms with Gasteiger partial charge in [0.2, 0.25) is 0 Å². The molecular formula is C23H30FN5OS. The van der Waals surface area contributed by atoms with Crippen molar-refractivity contribution in [3.63, 3.8) is 0 Å². The van der Waals surface area contributed by atoms with Gasteiger partial charge in [0.15, 0.2) is 5.69 Å². The van der Waals surface area contributed by atoms with E-state index in [1.165, 1.54) is 23.4 Å². The minimum atomic E-state index is -0.189. The van der Waals surface area contributed by atoms with Crippen molar-refractivity contribution in [3.05, 3.63) is 47.0 Å². The van der Waals surface area contributed by atoms with Crippen LogP contribution in [0.1, 0.15) is 28.2 Å². The van der Waals surface area contributed by atoms with Crippen molar-refractivity contribution >= 4 is 23.4 Å². The molecule has 31 heavy (non-hydrogen) atoms. The zero-order valence-electron chi connectivity index (χ0n) is 18.1. The van der Waals surface area contributed by atoms with Gasteiger partial charge < -0.3 is 9.80 Å². The van der Waals surface area contributed by atoms with Crippen molar-refractivity contribution in [2.45, 2.75) is 25.3 Å². The summed E-state index contributed by atoms with van der Waals surface area (Å²) in [5, 5.41) is 4.67. The normalized spacial score (nSPS) is 22.5. The van der Waals surface area contributed by atoms with E-state index in [0.717, 1.165) is 75.7 Å². The Morgan fingerprint density at radius 1 is 1.06 bits per heavy atom. The van der Waals surface area contributed by atoms with Gasteiger partial charge in [0.05, 0.1) is 0 Å². The van der Waals surface area contributed by atoms with Crippen LogP contribution in [0.5, 0.6) is 0 Å². The van der Waals surface area contributed by atoms with Gasteiger partial charge in [-0.2, -0.15) is 16.9 Å². The zero-order valence-corrected chi connectivity index (χ0v) is 18.9. The van der Waals surface area contributed by atoms with E-state index in [1.807, 2.05) is 40.5 Å². The van der Waals surface area contributed by atoms with Crippen LogP contribution in [-0.4, -0.2) is 82.3 Å². The van der Waals surface area contributed by atoms with Gasteiger partial charge in [-0.1, -0.05) is 0 Å². The molecule has 0 spiro atoms. The maximum atomic E-state index is 13.2. The number of aromatic nitrogens is 2. The second-order valence-electron chi connectivity index (χ2n) is 8.70. The number of carbonyl (C=O) groups excluding carboxylic acids is 1. The number of thioether (sulfide) groups is 1. The molecule has 5 rings (SSSR count). The van der Waals surface area contributed by atoms with Crippen molar-refractivity contribution in [3.8, 4) is 0 Å². The van der Waals surface area contributed by atoms with Crippen LogP contribution in [0.3, 0.4) is 0 Å². The Hall–Kier alpha value is -2.06. The molecule has 3 aliphatic rings. The van der Waals surface area contributed by atoms with Crippen LogP contribution in [0, 0.1) is 5.82 Å². The molecule has 6 nitrogen and oxygen atoms in total. The third kappa shape index (κ3) is 4.20. The van der Waals surface area contributed by atoms with Crippen LogP contribution in [-0.2, 0) is 19.9 Å². The highest BCUT2D eigenvalue weighted by atomic mass is 32.2. The number of benzene rings is 1. The van der Waals surface area contributed by atoms with Gasteiger partial charge in [-0.3, -0.25) is 14.4 Å². The van der Waals surface area contributed by atoms with Gasteiger partial charge in [-0.25, -0.2) is 4.39 Å². The number of fused-ring (bicyclic) bond motifs is 1. The average molecular weight is 444 g/mol. The number of rotatable bonds is 3. The quantitative estimate of drug-likeness (QED) is 0.729. The van der Waals surface area contributed by atoms with Gasteiger partial charge in [0, 0.05) is 80.8 Å². The van der Waals surface area contributed by atoms with Crippen molar-refractivity contribution < 1.29 is 9.18 Å². The number of piperazine rings is 1. The number of nitrogens with zero attached hydrogens (tertiary/aromatic N) is 5. The standard InChI is InChI=1S/C23H30FN5OS/c1-26-21-7-6-19(16-20(21)22(25-26)23(30)29-12-14-31-15-13-29)28-10-8-27(9-11-28)18-4-2-17(24)3-5-18/h2-5,19H,6-16H2,1H3. The number of amides is 1. The molecule has 2 aliphatic heterocycles. The molecule has 166 valence electrons. The van der Waals surface area contributed by atoms with Crippen LogP contribution in [0.25, 0.3) is 0 Å². The van der Waals surface area contributed by atoms with Crippen LogP contribution in [0.4, 0.5) is 10.1 Å². The number of halogens is 1. The lowest BCUT2D eigenvalue weighted by Gasteiger charge is -2.41. The Labute approximate surface area is 187 Å². The smallest absolute Gasteiger partial charge is 0.274 e. The first-order valence-electron chi connectivity index (χ1n) is 11.3. The predicted octanol–water partition coefficient (Wildman–Crippen LogP) is 2.43. The summed E-state index contributed by atoms with van der Waals surface area (Å²) in [5.41, 5.74) is 4.17. The SMILES string of the molecule is Cn1nc(C(=O)N2CCSCC2)c2c1CCC(N1CCN(c3ccc(F)cc3)CC1)C2. The van der Waals surface area contributed by atoms with Crippen molar-refractivity contribution in [2.24, 2.45) is 7.05 Å². The minimum Gasteiger partial charge on any atom is -0.369 e. The molecule has 0 radical (unpaired) electrons. The molecule has 1 aromatic carbocycles. The molecule has 1 amide bonds. The lowest BCUT2D eigenvalue weighted by atomic mass is 9.89. The van der Waals surface area contributed by atoms with E-state index in [1.54, 1.807) is 0 Å². The van der Waals surface area contributed by atoms with Gasteiger partial charge in [0.25, 0.3) is 5.91 Å². The first-order chi connectivity index (χ1) is 15.1. The third-order valence-electron chi connectivity index (χ3n) is 6.95. The van der Waals surface area contributed by atoms with Crippen LogP contribution in [0.15, 0.2) is 24.3 Å². The summed E-state index contributed by atoms with van der Waals surface area (Å²) in [6.45, 7) is 5.51. The molecule has 1 unspecified atom stereocenters. The lowest BCUT2D eigenvalue weighted by molar-refractivity contribution is 0.0763. The number of carbonyl (C=O) groups is 1. The van der Waals surface area contributed by atoms with E-state index in [0.29, 0.717) is 11.7 Å². The molecule has 1 aromatic heterocycles. The summed E-state index contributed by atoms with van der Waals surface area (Å²) in [6.07, 6.45) is 2.99. The Bertz CT molecular complexity index is 932. The molecule has 0 N–H and O–H groups in total. The van der Waals surface area contributed by atoms with E-state index in [4.69, 9.17) is 0 Å². The van der Waals surface area contributed by atoms with Crippen LogP contribution in [0.2, 0.25) is 0 Å². The number of anilines is 1. The van der Waals surface area contributed by atoms with E-state index in [2.05, 4.69) is 14.9 Å². The predicted molar refractivity (Wildman–Crippen MR) is 122 cm³/mol. The second kappa shape index (κ2) is 8.82. The second-order valence-corrected chi connectivity index (χ2v) is 9.92. The number of hydrogen-bond acceptors (Lipinski definition) is 5. The van der Waals surface area contributed by atoms with E-state index in [9.17, 15) is 9.18 Å². The molecule has 0 bridgehead atoms. The highest BCUT2D eigenvalue weighted by molar-refractivity contribution is 7.99. The first-order valence-corrected chi connectivity index (χ1v) is 12.4. The summed E-state index contributed by atoms with van der Waals surface area (Å²) in [5.74, 6) is 1.95. The average Bonchev–Trinajstić information content (AvgIpc) is 3.15. The largest absolute Gasteiger partial charge is 0.369 e. The Balaban J connectivity index is 1.26. The molecule has 2 saturated heterocycles. The summed E-state index contributed by atoms with van der Waals surface area (Å²) in [7, 11) is 1.98. The fraction of sp³-hybridized carbons (Fsp3) is 0.565. The van der Waals surface area contributed by atoms with Crippen LogP contribution < -0.4 is 4.90 Å². The molecule has 1 atom stereocenters. The Morgan fingerprint density at radius 2 is 1.77 bits per heavy atom. The maximum absolute atomic E-state index is 13.2. The number of hydrogen-bond donors (Lipinski definition) is 0. The van der Waals surface area contributed by atoms with Gasteiger partial charge in [-0.05, 0) is 43.5 Å². The molecular weight excluding hydrogens is 413 g/mol. The molecule has 8 heteroatoms. The summed E-state index contributed by atoms with van der Waals surface area (Å²) < 4.78 is 15.2. The molecule has 2 aromatic rings. The van der Waals surface area contributed by atoms with E-state index in [-0.39, 0.29) is 11.7 Å². The monoisotopic (exact) mass is 443 g/mol. The molecule has 3 heterocycles. The van der Waals surface area contributed by atoms with Gasteiger partial charge >= 0.3 is 0 Å². The topological polar surface area (TPSA) is 44.6 Å². The maximum Gasteiger partial charge on any atom is 0.274 e. The molecule has 0 saturated carbocycles. The first kappa shape index (κ1) is 20.8. The van der Waals surface area contributed by atoms with E-state index < -0.39 is 0 Å². The zero-order chi connectivity index (χ0) is 21.4. The highest BCUT2D eigenvalue weighted by Gasteiger charge is 2.34. The van der Waals surface area contributed by atoms with Crippen molar-refractivity contribution in [1.29, 1.82) is 0 Å². The summed E-state index contributed by atoms with van der Waals surface area (Å²) in [6, 6.07) is 7.25. The molecule has 1 aliphatic carbocycles. The van der Waals surface area contributed by atoms with Gasteiger partial charge in [-0.15, -0.1) is 0 Å². The fourth-order valence-corrected chi connectivity index (χ4v) is 6.07. The summed E-state index contributed by atoms with van der Waals surface area (Å²) in [4.78, 5) is 20.1. The Morgan fingerprint density at radius 3 is 2.48 bits per heavy atom. The fourth-order valence-electron chi connectivity index (χ4n) is 5.17. The molecule has 2 fully saturated rings. The van der Waals surface area contributed by atoms with Crippen molar-refractivity contribution in [2.75, 3.05) is 55.7 Å². The highest BCUT2D eigenvalue weighted by Crippen LogP contribution is 2.29. The third-order valence-corrected chi connectivity index (χ3v) is 7.89. The van der Waals surface area contributed by atoms with Crippen molar-refractivity contribution in [1.82, 2.24) is 19.6 Å². The van der Waals surface area contributed by atoms with Crippen LogP contribution >= 0.6 is 11.8 Å². The number of aryl methyl sites for hydroxylation is 1. The Kier molecular flexibility index (Phi) is 5.93. The minimum absolute atomic E-state index is 0.110. The van der Waals surface area contributed by atoms with Gasteiger partial charge in [0.1, 0.15) is 5.82 Å². The lowest BCUT2D eigenvalue weighted by Crippen LogP contribution is -2.52.